The topological polar surface area (TPSA) is 114 Å². The van der Waals surface area contributed by atoms with Gasteiger partial charge in [-0.05, 0) is 56.8 Å². The van der Waals surface area contributed by atoms with Gasteiger partial charge in [-0.1, -0.05) is 27.2 Å². The van der Waals surface area contributed by atoms with Gasteiger partial charge in [-0.2, -0.15) is 0 Å². The molecular weight excluding hydrogens is 432 g/mol. The molecule has 32 heavy (non-hydrogen) atoms. The summed E-state index contributed by atoms with van der Waals surface area (Å²) in [5, 5.41) is 16.1. The van der Waals surface area contributed by atoms with E-state index >= 15 is 0 Å². The van der Waals surface area contributed by atoms with Crippen molar-refractivity contribution in [3.05, 3.63) is 10.3 Å². The summed E-state index contributed by atoms with van der Waals surface area (Å²) in [5.41, 5.74) is 0.949. The Labute approximate surface area is 194 Å². The van der Waals surface area contributed by atoms with E-state index in [0.29, 0.717) is 48.4 Å². The van der Waals surface area contributed by atoms with Crippen LogP contribution in [0.1, 0.15) is 71.1 Å². The lowest BCUT2D eigenvalue weighted by Crippen LogP contribution is -2.37. The van der Waals surface area contributed by atoms with Gasteiger partial charge in [-0.3, -0.25) is 15.4 Å². The highest BCUT2D eigenvalue weighted by Gasteiger charge is 2.33. The summed E-state index contributed by atoms with van der Waals surface area (Å²) in [6.07, 6.45) is 3.66. The molecule has 0 saturated heterocycles. The second kappa shape index (κ2) is 12.7. The van der Waals surface area contributed by atoms with Crippen molar-refractivity contribution in [1.29, 1.82) is 0 Å². The number of carbonyl (C=O) groups is 3. The average Bonchev–Trinajstić information content (AvgIpc) is 3.06. The van der Waals surface area contributed by atoms with E-state index in [-0.39, 0.29) is 19.1 Å². The number of unbranched alkanes of at least 4 members (excludes halogenated alkanes) is 1. The third kappa shape index (κ3) is 8.00. The summed E-state index contributed by atoms with van der Waals surface area (Å²) in [4.78, 5) is 36.4. The molecule has 2 amide bonds. The first-order valence-electron chi connectivity index (χ1n) is 11.4. The normalized spacial score (nSPS) is 20.6. The Morgan fingerprint density at radius 2 is 1.94 bits per heavy atom. The van der Waals surface area contributed by atoms with Crippen LogP contribution in [0.3, 0.4) is 0 Å². The number of anilines is 2. The van der Waals surface area contributed by atoms with Crippen molar-refractivity contribution in [1.82, 2.24) is 0 Å². The molecule has 1 heterocycles. The zero-order valence-corrected chi connectivity index (χ0v) is 20.3. The molecule has 0 spiro atoms. The van der Waals surface area contributed by atoms with Gasteiger partial charge in [0.05, 0.1) is 18.0 Å². The molecule has 8 nitrogen and oxygen atoms in total. The summed E-state index contributed by atoms with van der Waals surface area (Å²) in [6.45, 7) is 8.44. The van der Waals surface area contributed by atoms with Crippen molar-refractivity contribution >= 4 is 40.9 Å². The van der Waals surface area contributed by atoms with E-state index < -0.39 is 18.2 Å². The number of hydrogen-bond donors (Lipinski definition) is 3. The first-order chi connectivity index (χ1) is 15.2. The summed E-state index contributed by atoms with van der Waals surface area (Å²) < 4.78 is 10.8. The monoisotopic (exact) mass is 468 g/mol. The van der Waals surface area contributed by atoms with Crippen LogP contribution in [0.15, 0.2) is 5.38 Å². The fraction of sp³-hybridized carbons (Fsp3) is 0.696. The predicted octanol–water partition coefficient (Wildman–Crippen LogP) is 6.12. The van der Waals surface area contributed by atoms with Crippen LogP contribution in [-0.2, 0) is 20.7 Å². The summed E-state index contributed by atoms with van der Waals surface area (Å²) >= 11 is 1.40. The van der Waals surface area contributed by atoms with Crippen LogP contribution >= 0.6 is 11.3 Å². The Kier molecular flexibility index (Phi) is 10.3. The standard InChI is InChI=1S/C23H36N2O6S/c1-5-30-22(28)25-21-17(13-32-19(21)8-6-7-9-20(26)27)24-23(29)31-18-12-15(4)10-11-16(18)14(2)3/h13-16,18H,5-12H2,1-4H3,(H,24,29)(H,25,28)(H,26,27). The summed E-state index contributed by atoms with van der Waals surface area (Å²) in [7, 11) is 0. The predicted molar refractivity (Wildman–Crippen MR) is 125 cm³/mol. The third-order valence-corrected chi connectivity index (χ3v) is 6.92. The molecule has 0 aromatic carbocycles. The largest absolute Gasteiger partial charge is 0.481 e. The van der Waals surface area contributed by atoms with Crippen LogP contribution in [0.2, 0.25) is 0 Å². The second-order valence-electron chi connectivity index (χ2n) is 8.79. The molecule has 0 bridgehead atoms. The minimum absolute atomic E-state index is 0.0975. The van der Waals surface area contributed by atoms with Gasteiger partial charge < -0.3 is 14.6 Å². The van der Waals surface area contributed by atoms with Crippen molar-refractivity contribution in [2.45, 2.75) is 78.7 Å². The minimum Gasteiger partial charge on any atom is -0.481 e. The average molecular weight is 469 g/mol. The second-order valence-corrected chi connectivity index (χ2v) is 9.75. The van der Waals surface area contributed by atoms with Crippen LogP contribution in [-0.4, -0.2) is 36.0 Å². The molecule has 1 fully saturated rings. The zero-order valence-electron chi connectivity index (χ0n) is 19.4. The van der Waals surface area contributed by atoms with E-state index in [1.54, 1.807) is 12.3 Å². The van der Waals surface area contributed by atoms with Crippen molar-refractivity contribution in [2.75, 3.05) is 17.2 Å². The zero-order chi connectivity index (χ0) is 23.7. The number of ether oxygens (including phenoxy) is 2. The van der Waals surface area contributed by atoms with Crippen LogP contribution in [0.5, 0.6) is 0 Å². The highest BCUT2D eigenvalue weighted by molar-refractivity contribution is 7.11. The molecule has 1 aliphatic carbocycles. The SMILES string of the molecule is CCOC(=O)Nc1c(NC(=O)OC2CC(C)CCC2C(C)C)csc1CCCCC(=O)O. The molecule has 0 aliphatic heterocycles. The van der Waals surface area contributed by atoms with E-state index in [0.717, 1.165) is 24.1 Å². The maximum Gasteiger partial charge on any atom is 0.411 e. The molecule has 1 aromatic rings. The van der Waals surface area contributed by atoms with Gasteiger partial charge in [-0.15, -0.1) is 11.3 Å². The van der Waals surface area contributed by atoms with E-state index in [1.807, 2.05) is 0 Å². The lowest BCUT2D eigenvalue weighted by Gasteiger charge is -2.36. The van der Waals surface area contributed by atoms with Crippen molar-refractivity contribution in [3.8, 4) is 0 Å². The number of carboxylic acids is 1. The Morgan fingerprint density at radius 3 is 2.59 bits per heavy atom. The van der Waals surface area contributed by atoms with Gasteiger partial charge in [0.25, 0.3) is 0 Å². The van der Waals surface area contributed by atoms with Crippen LogP contribution < -0.4 is 10.6 Å². The lowest BCUT2D eigenvalue weighted by molar-refractivity contribution is -0.137. The number of nitrogens with one attached hydrogen (secondary N) is 2. The van der Waals surface area contributed by atoms with Gasteiger partial charge in [0.15, 0.2) is 0 Å². The van der Waals surface area contributed by atoms with Crippen molar-refractivity contribution < 1.29 is 29.0 Å². The number of amides is 2. The first kappa shape index (κ1) is 26.0. The minimum atomic E-state index is -0.831. The Morgan fingerprint density at radius 1 is 1.19 bits per heavy atom. The number of thiophene rings is 1. The maximum atomic E-state index is 12.7. The van der Waals surface area contributed by atoms with Crippen LogP contribution in [0, 0.1) is 17.8 Å². The van der Waals surface area contributed by atoms with E-state index in [2.05, 4.69) is 31.4 Å². The quantitative estimate of drug-likeness (QED) is 0.356. The molecule has 3 N–H and O–H groups in total. The van der Waals surface area contributed by atoms with Gasteiger partial charge >= 0.3 is 18.2 Å². The number of hydrogen-bond acceptors (Lipinski definition) is 6. The van der Waals surface area contributed by atoms with E-state index in [9.17, 15) is 14.4 Å². The van der Waals surface area contributed by atoms with Gasteiger partial charge in [0, 0.05) is 16.7 Å². The fourth-order valence-corrected chi connectivity index (χ4v) is 5.15. The molecule has 9 heteroatoms. The highest BCUT2D eigenvalue weighted by Crippen LogP contribution is 2.37. The first-order valence-corrected chi connectivity index (χ1v) is 12.3. The van der Waals surface area contributed by atoms with E-state index in [1.165, 1.54) is 11.3 Å². The molecule has 2 rings (SSSR count). The van der Waals surface area contributed by atoms with Gasteiger partial charge in [0.2, 0.25) is 0 Å². The van der Waals surface area contributed by atoms with Gasteiger partial charge in [-0.25, -0.2) is 9.59 Å². The summed E-state index contributed by atoms with van der Waals surface area (Å²) in [5.74, 6) is 0.450. The molecule has 3 unspecified atom stereocenters. The summed E-state index contributed by atoms with van der Waals surface area (Å²) in [6, 6.07) is 0. The Bertz CT molecular complexity index is 779. The maximum absolute atomic E-state index is 12.7. The van der Waals surface area contributed by atoms with Crippen molar-refractivity contribution in [3.63, 3.8) is 0 Å². The Balaban J connectivity index is 2.08. The molecule has 3 atom stereocenters. The number of carboxylic acid groups (broad SMARTS) is 1. The highest BCUT2D eigenvalue weighted by atomic mass is 32.1. The van der Waals surface area contributed by atoms with Crippen molar-refractivity contribution in [2.24, 2.45) is 17.8 Å². The molecule has 1 aromatic heterocycles. The number of rotatable bonds is 10. The number of aryl methyl sites for hydroxylation is 1. The van der Waals surface area contributed by atoms with Crippen LogP contribution in [0.4, 0.5) is 21.0 Å². The lowest BCUT2D eigenvalue weighted by atomic mass is 9.75. The van der Waals surface area contributed by atoms with E-state index in [4.69, 9.17) is 14.6 Å². The third-order valence-electron chi connectivity index (χ3n) is 5.87. The number of carbonyl (C=O) groups excluding carboxylic acids is 2. The molecule has 1 aliphatic rings. The van der Waals surface area contributed by atoms with Gasteiger partial charge in [0.1, 0.15) is 6.10 Å². The molecule has 0 radical (unpaired) electrons. The molecule has 1 saturated carbocycles. The fourth-order valence-electron chi connectivity index (χ4n) is 4.17. The molecular formula is C23H36N2O6S. The molecule has 180 valence electrons. The Hall–Kier alpha value is -2.29. The number of aliphatic carboxylic acids is 1. The van der Waals surface area contributed by atoms with Crippen LogP contribution in [0.25, 0.3) is 0 Å². The smallest absolute Gasteiger partial charge is 0.411 e.